The van der Waals surface area contributed by atoms with Crippen LogP contribution in [0.3, 0.4) is 0 Å². The maximum Gasteiger partial charge on any atom is 0.335 e. The van der Waals surface area contributed by atoms with Gasteiger partial charge in [0, 0.05) is 5.41 Å². The van der Waals surface area contributed by atoms with Gasteiger partial charge in [0.05, 0.1) is 10.6 Å². The summed E-state index contributed by atoms with van der Waals surface area (Å²) in [6.07, 6.45) is 0.927. The van der Waals surface area contributed by atoms with E-state index in [1.165, 1.54) is 0 Å². The van der Waals surface area contributed by atoms with Gasteiger partial charge in [-0.2, -0.15) is 0 Å². The minimum Gasteiger partial charge on any atom is -0.489 e. The lowest BCUT2D eigenvalue weighted by Gasteiger charge is -2.33. The number of halogens is 1. The molecule has 0 fully saturated rings. The van der Waals surface area contributed by atoms with Crippen molar-refractivity contribution < 1.29 is 19.7 Å². The molecular formula is C23H27ClO4. The number of carboxylic acids is 1. The van der Waals surface area contributed by atoms with Crippen molar-refractivity contribution in [2.45, 2.75) is 45.1 Å². The van der Waals surface area contributed by atoms with E-state index in [2.05, 4.69) is 20.4 Å². The maximum atomic E-state index is 11.2. The third kappa shape index (κ3) is 4.57. The summed E-state index contributed by atoms with van der Waals surface area (Å²) >= 11 is 6.46. The molecule has 0 radical (unpaired) electrons. The third-order valence-corrected chi connectivity index (χ3v) is 5.64. The van der Waals surface area contributed by atoms with Crippen LogP contribution in [0.4, 0.5) is 0 Å². The van der Waals surface area contributed by atoms with Crippen LogP contribution >= 0.6 is 11.6 Å². The molecule has 2 N–H and O–H groups in total. The van der Waals surface area contributed by atoms with E-state index in [0.717, 1.165) is 24.0 Å². The largest absolute Gasteiger partial charge is 0.489 e. The maximum absolute atomic E-state index is 11.2. The monoisotopic (exact) mass is 402 g/mol. The van der Waals surface area contributed by atoms with Crippen LogP contribution in [0.25, 0.3) is 0 Å². The van der Waals surface area contributed by atoms with E-state index in [0.29, 0.717) is 16.3 Å². The molecule has 0 aliphatic heterocycles. The lowest BCUT2D eigenvalue weighted by molar-refractivity contribution is 0.0697. The van der Waals surface area contributed by atoms with Gasteiger partial charge >= 0.3 is 5.97 Å². The lowest BCUT2D eigenvalue weighted by Crippen LogP contribution is -2.26. The van der Waals surface area contributed by atoms with Crippen LogP contribution in [0.1, 0.15) is 55.1 Å². The van der Waals surface area contributed by atoms with E-state index in [-0.39, 0.29) is 17.6 Å². The van der Waals surface area contributed by atoms with Gasteiger partial charge in [-0.25, -0.2) is 4.79 Å². The summed E-state index contributed by atoms with van der Waals surface area (Å²) in [6, 6.07) is 12.7. The molecule has 0 spiro atoms. The number of aliphatic hydroxyl groups excluding tert-OH is 1. The van der Waals surface area contributed by atoms with Gasteiger partial charge in [0.1, 0.15) is 18.5 Å². The molecule has 150 valence electrons. The zero-order chi connectivity index (χ0) is 20.9. The van der Waals surface area contributed by atoms with E-state index in [1.54, 1.807) is 19.1 Å². The van der Waals surface area contributed by atoms with Crippen molar-refractivity contribution in [3.8, 4) is 5.75 Å². The molecule has 0 aliphatic rings. The highest BCUT2D eigenvalue weighted by molar-refractivity contribution is 6.32. The fourth-order valence-electron chi connectivity index (χ4n) is 3.39. The number of aliphatic hydroxyl groups is 1. The first-order valence-electron chi connectivity index (χ1n) is 9.35. The zero-order valence-corrected chi connectivity index (χ0v) is 17.3. The molecule has 1 atom stereocenters. The highest BCUT2D eigenvalue weighted by atomic mass is 35.5. The summed E-state index contributed by atoms with van der Waals surface area (Å²) in [7, 11) is 0. The van der Waals surface area contributed by atoms with E-state index in [1.807, 2.05) is 30.3 Å². The van der Waals surface area contributed by atoms with Crippen LogP contribution in [0.15, 0.2) is 54.6 Å². The number of ether oxygens (including phenoxy) is 1. The first-order valence-corrected chi connectivity index (χ1v) is 9.73. The number of hydrogen-bond acceptors (Lipinski definition) is 3. The molecule has 0 amide bonds. The van der Waals surface area contributed by atoms with Crippen LogP contribution in [0, 0.1) is 0 Å². The number of benzene rings is 2. The lowest BCUT2D eigenvalue weighted by atomic mass is 9.70. The molecule has 0 saturated carbocycles. The Kier molecular flexibility index (Phi) is 7.28. The standard InChI is InChI=1S/C23H27ClO4/c1-5-23(6-2,17-9-7-16(8-10-17)22(26)27)18-11-12-21(19(24)13-18)28-14-20(25)15(3)4/h7-13,20,25H,3,5-6,14H2,1-2,4H3,(H,26,27). The summed E-state index contributed by atoms with van der Waals surface area (Å²) in [5, 5.41) is 19.5. The Morgan fingerprint density at radius 1 is 1.14 bits per heavy atom. The minimum atomic E-state index is -0.938. The van der Waals surface area contributed by atoms with Crippen LogP contribution in [0.2, 0.25) is 5.02 Å². The number of hydrogen-bond donors (Lipinski definition) is 2. The zero-order valence-electron chi connectivity index (χ0n) is 16.5. The van der Waals surface area contributed by atoms with Crippen LogP contribution in [-0.2, 0) is 5.41 Å². The summed E-state index contributed by atoms with van der Waals surface area (Å²) < 4.78 is 5.63. The Labute approximate surface area is 171 Å². The Morgan fingerprint density at radius 2 is 1.71 bits per heavy atom. The number of carboxylic acid groups (broad SMARTS) is 1. The van der Waals surface area contributed by atoms with Crippen molar-refractivity contribution in [1.82, 2.24) is 0 Å². The van der Waals surface area contributed by atoms with Gasteiger partial charge in [-0.15, -0.1) is 0 Å². The fraction of sp³-hybridized carbons (Fsp3) is 0.348. The van der Waals surface area contributed by atoms with Crippen LogP contribution in [0.5, 0.6) is 5.75 Å². The predicted molar refractivity (Wildman–Crippen MR) is 113 cm³/mol. The first kappa shape index (κ1) is 22.0. The first-order chi connectivity index (χ1) is 13.2. The Balaban J connectivity index is 2.36. The molecule has 28 heavy (non-hydrogen) atoms. The van der Waals surface area contributed by atoms with Gasteiger partial charge in [-0.05, 0) is 60.7 Å². The average molecular weight is 403 g/mol. The smallest absolute Gasteiger partial charge is 0.335 e. The predicted octanol–water partition coefficient (Wildman–Crippen LogP) is 5.46. The van der Waals surface area contributed by atoms with Gasteiger partial charge in [0.25, 0.3) is 0 Å². The van der Waals surface area contributed by atoms with Crippen molar-refractivity contribution >= 4 is 17.6 Å². The van der Waals surface area contributed by atoms with E-state index < -0.39 is 12.1 Å². The molecule has 4 nitrogen and oxygen atoms in total. The molecule has 5 heteroatoms. The van der Waals surface area contributed by atoms with Crippen LogP contribution < -0.4 is 4.74 Å². The number of aromatic carboxylic acids is 1. The Morgan fingerprint density at radius 3 is 2.18 bits per heavy atom. The summed E-state index contributed by atoms with van der Waals surface area (Å²) in [5.74, 6) is -0.431. The molecule has 2 aromatic rings. The third-order valence-electron chi connectivity index (χ3n) is 5.34. The van der Waals surface area contributed by atoms with Crippen molar-refractivity contribution in [1.29, 1.82) is 0 Å². The summed E-state index contributed by atoms with van der Waals surface area (Å²) in [5.41, 5.74) is 2.70. The quantitative estimate of drug-likeness (QED) is 0.546. The van der Waals surface area contributed by atoms with Crippen molar-refractivity contribution in [3.63, 3.8) is 0 Å². The highest BCUT2D eigenvalue weighted by Crippen LogP contribution is 2.41. The molecule has 2 rings (SSSR count). The topological polar surface area (TPSA) is 66.8 Å². The van der Waals surface area contributed by atoms with Gasteiger partial charge in [-0.1, -0.05) is 50.2 Å². The Hall–Kier alpha value is -2.30. The van der Waals surface area contributed by atoms with E-state index in [9.17, 15) is 9.90 Å². The SMILES string of the molecule is C=C(C)C(O)COc1ccc(C(CC)(CC)c2ccc(C(=O)O)cc2)cc1Cl. The molecule has 0 aromatic heterocycles. The fourth-order valence-corrected chi connectivity index (χ4v) is 3.63. The Bertz CT molecular complexity index is 838. The second-order valence-corrected chi connectivity index (χ2v) is 7.40. The second kappa shape index (κ2) is 9.26. The molecule has 0 bridgehead atoms. The minimum absolute atomic E-state index is 0.0950. The molecule has 0 heterocycles. The normalized spacial score (nSPS) is 12.5. The molecule has 2 aromatic carbocycles. The van der Waals surface area contributed by atoms with Gasteiger partial charge < -0.3 is 14.9 Å². The van der Waals surface area contributed by atoms with E-state index >= 15 is 0 Å². The van der Waals surface area contributed by atoms with Crippen LogP contribution in [-0.4, -0.2) is 28.9 Å². The number of rotatable bonds is 9. The molecule has 0 saturated heterocycles. The average Bonchev–Trinajstić information content (AvgIpc) is 2.68. The molecular weight excluding hydrogens is 376 g/mol. The molecule has 0 aliphatic carbocycles. The molecule has 1 unspecified atom stereocenters. The second-order valence-electron chi connectivity index (χ2n) is 6.99. The van der Waals surface area contributed by atoms with Gasteiger partial charge in [-0.3, -0.25) is 0 Å². The highest BCUT2D eigenvalue weighted by Gasteiger charge is 2.31. The summed E-state index contributed by atoms with van der Waals surface area (Å²) in [4.78, 5) is 11.2. The van der Waals surface area contributed by atoms with Gasteiger partial charge in [0.2, 0.25) is 0 Å². The van der Waals surface area contributed by atoms with Crippen molar-refractivity contribution in [2.75, 3.05) is 6.61 Å². The summed E-state index contributed by atoms with van der Waals surface area (Å²) in [6.45, 7) is 9.76. The number of carbonyl (C=O) groups is 1. The van der Waals surface area contributed by atoms with Crippen molar-refractivity contribution in [3.05, 3.63) is 76.3 Å². The van der Waals surface area contributed by atoms with Gasteiger partial charge in [0.15, 0.2) is 0 Å². The van der Waals surface area contributed by atoms with Crippen molar-refractivity contribution in [2.24, 2.45) is 0 Å². The van der Waals surface area contributed by atoms with E-state index in [4.69, 9.17) is 21.4 Å².